The summed E-state index contributed by atoms with van der Waals surface area (Å²) in [6.07, 6.45) is 9.39. The highest BCUT2D eigenvalue weighted by Gasteiger charge is 2.22. The van der Waals surface area contributed by atoms with Gasteiger partial charge in [-0.2, -0.15) is 0 Å². The normalized spacial score (nSPS) is 12.1. The van der Waals surface area contributed by atoms with Crippen molar-refractivity contribution in [1.82, 2.24) is 19.3 Å². The molecule has 0 aliphatic heterocycles. The van der Waals surface area contributed by atoms with Gasteiger partial charge in [-0.15, -0.1) is 11.3 Å². The van der Waals surface area contributed by atoms with Crippen LogP contribution < -0.4 is 10.9 Å². The van der Waals surface area contributed by atoms with Gasteiger partial charge in [0.25, 0.3) is 5.56 Å². The van der Waals surface area contributed by atoms with Crippen LogP contribution in [0, 0.1) is 0 Å². The number of hydrogen-bond donors (Lipinski definition) is 1. The van der Waals surface area contributed by atoms with Crippen LogP contribution in [0.4, 0.5) is 10.5 Å². The summed E-state index contributed by atoms with van der Waals surface area (Å²) in [5.74, 6) is 0. The molecule has 8 heteroatoms. The maximum Gasteiger partial charge on any atom is 0.322 e. The SMILES string of the molecule is CCCC[C@H](c1cccnc1)N(C)C(=O)Nc1cnc2sccn2c1=O. The molecule has 0 aliphatic rings. The van der Waals surface area contributed by atoms with Gasteiger partial charge in [-0.3, -0.25) is 14.2 Å². The van der Waals surface area contributed by atoms with E-state index in [0.29, 0.717) is 4.96 Å². The van der Waals surface area contributed by atoms with Gasteiger partial charge < -0.3 is 10.2 Å². The third-order valence-electron chi connectivity index (χ3n) is 4.27. The number of rotatable bonds is 6. The molecule has 2 amide bonds. The van der Waals surface area contributed by atoms with Crippen LogP contribution in [-0.2, 0) is 0 Å². The number of carbonyl (C=O) groups is 1. The zero-order valence-corrected chi connectivity index (χ0v) is 15.6. The molecule has 1 atom stereocenters. The summed E-state index contributed by atoms with van der Waals surface area (Å²) < 4.78 is 1.43. The molecule has 0 fully saturated rings. The molecular formula is C18H21N5O2S. The number of unbranched alkanes of at least 4 members (excludes halogenated alkanes) is 1. The van der Waals surface area contributed by atoms with Crippen LogP contribution >= 0.6 is 11.3 Å². The van der Waals surface area contributed by atoms with Crippen molar-refractivity contribution < 1.29 is 4.79 Å². The standard InChI is InChI=1S/C18H21N5O2S/c1-3-4-7-15(13-6-5-8-19-11-13)22(2)17(25)21-14-12-20-18-23(16(14)24)9-10-26-18/h5-6,8-12,15H,3-4,7H2,1-2H3,(H,21,25)/t15-/m1/s1. The molecule has 0 bridgehead atoms. The molecule has 26 heavy (non-hydrogen) atoms. The van der Waals surface area contributed by atoms with Gasteiger partial charge in [0.1, 0.15) is 5.69 Å². The Kier molecular flexibility index (Phi) is 5.62. The Hall–Kier alpha value is -2.74. The van der Waals surface area contributed by atoms with Crippen LogP contribution in [0.3, 0.4) is 0 Å². The number of thiazole rings is 1. The lowest BCUT2D eigenvalue weighted by Crippen LogP contribution is -2.36. The van der Waals surface area contributed by atoms with Crippen molar-refractivity contribution >= 4 is 28.0 Å². The molecule has 3 aromatic rings. The largest absolute Gasteiger partial charge is 0.322 e. The number of nitrogens with one attached hydrogen (secondary N) is 1. The molecule has 3 heterocycles. The monoisotopic (exact) mass is 371 g/mol. The molecule has 136 valence electrons. The van der Waals surface area contributed by atoms with Crippen molar-refractivity contribution in [3.8, 4) is 0 Å². The first-order valence-corrected chi connectivity index (χ1v) is 9.38. The fraction of sp³-hybridized carbons (Fsp3) is 0.333. The van der Waals surface area contributed by atoms with Crippen molar-refractivity contribution in [1.29, 1.82) is 0 Å². The number of urea groups is 1. The van der Waals surface area contributed by atoms with Crippen LogP contribution in [0.1, 0.15) is 37.8 Å². The van der Waals surface area contributed by atoms with Crippen LogP contribution in [0.5, 0.6) is 0 Å². The molecule has 0 unspecified atom stereocenters. The van der Waals surface area contributed by atoms with Crippen molar-refractivity contribution in [2.75, 3.05) is 12.4 Å². The topological polar surface area (TPSA) is 79.6 Å². The number of fused-ring (bicyclic) bond motifs is 1. The summed E-state index contributed by atoms with van der Waals surface area (Å²) in [6, 6.07) is 3.37. The predicted molar refractivity (Wildman–Crippen MR) is 103 cm³/mol. The average molecular weight is 371 g/mol. The van der Waals surface area contributed by atoms with Crippen molar-refractivity contribution in [3.05, 3.63) is 58.2 Å². The number of anilines is 1. The van der Waals surface area contributed by atoms with Gasteiger partial charge >= 0.3 is 6.03 Å². The Morgan fingerprint density at radius 1 is 1.42 bits per heavy atom. The van der Waals surface area contributed by atoms with Gasteiger partial charge in [-0.05, 0) is 18.1 Å². The first kappa shape index (κ1) is 18.1. The van der Waals surface area contributed by atoms with E-state index in [-0.39, 0.29) is 23.3 Å². The van der Waals surface area contributed by atoms with Crippen LogP contribution in [0.2, 0.25) is 0 Å². The summed E-state index contributed by atoms with van der Waals surface area (Å²) in [6.45, 7) is 2.11. The lowest BCUT2D eigenvalue weighted by molar-refractivity contribution is 0.199. The van der Waals surface area contributed by atoms with Gasteiger partial charge in [0, 0.05) is 31.0 Å². The highest BCUT2D eigenvalue weighted by Crippen LogP contribution is 2.25. The minimum Gasteiger partial charge on any atom is -0.320 e. The molecular weight excluding hydrogens is 350 g/mol. The zero-order valence-electron chi connectivity index (χ0n) is 14.8. The Balaban J connectivity index is 1.81. The summed E-state index contributed by atoms with van der Waals surface area (Å²) in [5, 5.41) is 4.48. The Morgan fingerprint density at radius 2 is 2.27 bits per heavy atom. The van der Waals surface area contributed by atoms with Crippen molar-refractivity contribution in [2.45, 2.75) is 32.2 Å². The summed E-state index contributed by atoms with van der Waals surface area (Å²) >= 11 is 1.37. The van der Waals surface area contributed by atoms with Crippen LogP contribution in [0.25, 0.3) is 4.96 Å². The molecule has 1 N–H and O–H groups in total. The number of nitrogens with zero attached hydrogens (tertiary/aromatic N) is 4. The van der Waals surface area contributed by atoms with E-state index in [1.165, 1.54) is 21.9 Å². The average Bonchev–Trinajstić information content (AvgIpc) is 3.14. The quantitative estimate of drug-likeness (QED) is 0.719. The number of aromatic nitrogens is 3. The maximum absolute atomic E-state index is 12.7. The first-order valence-electron chi connectivity index (χ1n) is 8.50. The van der Waals surface area contributed by atoms with Gasteiger partial charge in [-0.1, -0.05) is 25.8 Å². The summed E-state index contributed by atoms with van der Waals surface area (Å²) in [5.41, 5.74) is 0.851. The van der Waals surface area contributed by atoms with Gasteiger partial charge in [0.05, 0.1) is 12.2 Å². The summed E-state index contributed by atoms with van der Waals surface area (Å²) in [4.78, 5) is 35.8. The van der Waals surface area contributed by atoms with E-state index < -0.39 is 0 Å². The molecule has 0 saturated heterocycles. The van der Waals surface area contributed by atoms with E-state index in [0.717, 1.165) is 24.8 Å². The Bertz CT molecular complexity index is 937. The fourth-order valence-electron chi connectivity index (χ4n) is 2.81. The van der Waals surface area contributed by atoms with E-state index in [2.05, 4.69) is 22.2 Å². The summed E-state index contributed by atoms with van der Waals surface area (Å²) in [7, 11) is 1.73. The van der Waals surface area contributed by atoms with E-state index in [1.807, 2.05) is 12.1 Å². The number of pyridine rings is 1. The highest BCUT2D eigenvalue weighted by atomic mass is 32.1. The molecule has 3 rings (SSSR count). The second kappa shape index (κ2) is 8.09. The fourth-order valence-corrected chi connectivity index (χ4v) is 3.48. The van der Waals surface area contributed by atoms with Crippen molar-refractivity contribution in [2.24, 2.45) is 0 Å². The number of hydrogen-bond acceptors (Lipinski definition) is 5. The highest BCUT2D eigenvalue weighted by molar-refractivity contribution is 7.15. The van der Waals surface area contributed by atoms with Gasteiger partial charge in [0.2, 0.25) is 0 Å². The first-order chi connectivity index (χ1) is 12.6. The minimum absolute atomic E-state index is 0.107. The van der Waals surface area contributed by atoms with E-state index >= 15 is 0 Å². The molecule has 3 aromatic heterocycles. The van der Waals surface area contributed by atoms with E-state index in [9.17, 15) is 9.59 Å². The molecule has 0 aromatic carbocycles. The third-order valence-corrected chi connectivity index (χ3v) is 5.04. The second-order valence-corrected chi connectivity index (χ2v) is 6.89. The van der Waals surface area contributed by atoms with Crippen molar-refractivity contribution in [3.63, 3.8) is 0 Å². The predicted octanol–water partition coefficient (Wildman–Crippen LogP) is 3.55. The van der Waals surface area contributed by atoms with Crippen LogP contribution in [0.15, 0.2) is 47.1 Å². The van der Waals surface area contributed by atoms with Crippen LogP contribution in [-0.4, -0.2) is 32.3 Å². The zero-order chi connectivity index (χ0) is 18.5. The lowest BCUT2D eigenvalue weighted by Gasteiger charge is -2.28. The molecule has 0 saturated carbocycles. The van der Waals surface area contributed by atoms with E-state index in [4.69, 9.17) is 0 Å². The minimum atomic E-state index is -0.343. The molecule has 0 spiro atoms. The van der Waals surface area contributed by atoms with Gasteiger partial charge in [0.15, 0.2) is 4.96 Å². The second-order valence-electron chi connectivity index (χ2n) is 6.02. The smallest absolute Gasteiger partial charge is 0.320 e. The number of carbonyl (C=O) groups excluding carboxylic acids is 1. The number of amides is 2. The van der Waals surface area contributed by atoms with Gasteiger partial charge in [-0.25, -0.2) is 9.78 Å². The Labute approximate surface area is 155 Å². The molecule has 0 aliphatic carbocycles. The molecule has 0 radical (unpaired) electrons. The maximum atomic E-state index is 12.7. The molecule has 7 nitrogen and oxygen atoms in total. The van der Waals surface area contributed by atoms with E-state index in [1.54, 1.807) is 35.9 Å². The Morgan fingerprint density at radius 3 is 3.00 bits per heavy atom. The lowest BCUT2D eigenvalue weighted by atomic mass is 10.0. The third kappa shape index (κ3) is 3.75.